The Kier molecular flexibility index (Phi) is 4.73. The van der Waals surface area contributed by atoms with E-state index in [1.165, 1.54) is 0 Å². The molecular formula is C25H21NO. The number of para-hydroxylation sites is 1. The smallest absolute Gasteiger partial charge is 0.140 e. The van der Waals surface area contributed by atoms with Crippen molar-refractivity contribution in [3.05, 3.63) is 132 Å². The van der Waals surface area contributed by atoms with Gasteiger partial charge in [-0.15, -0.1) is 0 Å². The van der Waals surface area contributed by atoms with Gasteiger partial charge >= 0.3 is 0 Å². The van der Waals surface area contributed by atoms with Crippen LogP contribution in [0.2, 0.25) is 0 Å². The summed E-state index contributed by atoms with van der Waals surface area (Å²) in [7, 11) is 0. The van der Waals surface area contributed by atoms with Gasteiger partial charge in [0, 0.05) is 11.4 Å². The molecule has 0 aliphatic carbocycles. The van der Waals surface area contributed by atoms with Crippen LogP contribution in [0, 0.1) is 0 Å². The number of hydrogen-bond donors (Lipinski definition) is 2. The first-order chi connectivity index (χ1) is 13.3. The third-order valence-corrected chi connectivity index (χ3v) is 4.75. The topological polar surface area (TPSA) is 32.3 Å². The maximum atomic E-state index is 11.8. The lowest BCUT2D eigenvalue weighted by atomic mass is 9.80. The van der Waals surface area contributed by atoms with Crippen molar-refractivity contribution in [3.8, 4) is 0 Å². The maximum Gasteiger partial charge on any atom is 0.140 e. The van der Waals surface area contributed by atoms with Crippen LogP contribution in [0.1, 0.15) is 16.7 Å². The minimum Gasteiger partial charge on any atom is -0.376 e. The molecule has 4 rings (SSSR count). The number of nitrogens with one attached hydrogen (secondary N) is 1. The molecule has 0 radical (unpaired) electrons. The first-order valence-electron chi connectivity index (χ1n) is 9.03. The molecule has 0 fully saturated rings. The monoisotopic (exact) mass is 351 g/mol. The fourth-order valence-corrected chi connectivity index (χ4v) is 3.34. The number of rotatable bonds is 5. The fourth-order valence-electron chi connectivity index (χ4n) is 3.34. The van der Waals surface area contributed by atoms with Crippen LogP contribution < -0.4 is 5.32 Å². The molecule has 0 heterocycles. The van der Waals surface area contributed by atoms with Gasteiger partial charge in [0.15, 0.2) is 0 Å². The molecule has 0 aliphatic rings. The zero-order valence-corrected chi connectivity index (χ0v) is 14.9. The van der Waals surface area contributed by atoms with Gasteiger partial charge in [0.2, 0.25) is 0 Å². The maximum absolute atomic E-state index is 11.8. The minimum absolute atomic E-state index is 0.832. The molecule has 2 nitrogen and oxygen atoms in total. The highest BCUT2D eigenvalue weighted by Gasteiger charge is 2.33. The molecule has 0 amide bonds. The van der Waals surface area contributed by atoms with E-state index in [0.29, 0.717) is 0 Å². The summed E-state index contributed by atoms with van der Waals surface area (Å²) < 4.78 is 0. The van der Waals surface area contributed by atoms with Crippen LogP contribution >= 0.6 is 0 Å². The van der Waals surface area contributed by atoms with Crippen LogP contribution in [0.4, 0.5) is 11.4 Å². The lowest BCUT2D eigenvalue weighted by Gasteiger charge is -2.30. The molecule has 27 heavy (non-hydrogen) atoms. The van der Waals surface area contributed by atoms with E-state index < -0.39 is 5.60 Å². The Bertz CT molecular complexity index is 941. The summed E-state index contributed by atoms with van der Waals surface area (Å²) in [6.07, 6.45) is 0. The van der Waals surface area contributed by atoms with Gasteiger partial charge in [-0.3, -0.25) is 0 Å². The summed E-state index contributed by atoms with van der Waals surface area (Å²) in [5.41, 5.74) is 3.34. The summed E-state index contributed by atoms with van der Waals surface area (Å²) in [4.78, 5) is 0. The molecule has 0 aromatic heterocycles. The largest absolute Gasteiger partial charge is 0.376 e. The van der Waals surface area contributed by atoms with Crippen molar-refractivity contribution >= 4 is 11.4 Å². The SMILES string of the molecule is OC(c1ccccc1)(c1ccccc1)c1ccc(Nc2ccccc2)cc1. The average molecular weight is 351 g/mol. The quantitative estimate of drug-likeness (QED) is 0.451. The van der Waals surface area contributed by atoms with Gasteiger partial charge in [-0.2, -0.15) is 0 Å². The molecular weight excluding hydrogens is 330 g/mol. The summed E-state index contributed by atoms with van der Waals surface area (Å²) in [6, 6.07) is 37.6. The predicted octanol–water partition coefficient (Wildman–Crippen LogP) is 5.71. The standard InChI is InChI=1S/C25H21NO/c27-25(20-10-4-1-5-11-20,21-12-6-2-7-13-21)22-16-18-24(19-17-22)26-23-14-8-3-9-15-23/h1-19,26-27H. The average Bonchev–Trinajstić information content (AvgIpc) is 2.76. The van der Waals surface area contributed by atoms with Crippen molar-refractivity contribution in [2.75, 3.05) is 5.32 Å². The second-order valence-electron chi connectivity index (χ2n) is 6.51. The Morgan fingerprint density at radius 2 is 0.815 bits per heavy atom. The summed E-state index contributed by atoms with van der Waals surface area (Å²) >= 11 is 0. The first-order valence-corrected chi connectivity index (χ1v) is 9.03. The third-order valence-electron chi connectivity index (χ3n) is 4.75. The van der Waals surface area contributed by atoms with Crippen molar-refractivity contribution in [2.24, 2.45) is 0 Å². The van der Waals surface area contributed by atoms with Crippen LogP contribution in [-0.2, 0) is 5.60 Å². The van der Waals surface area contributed by atoms with Gasteiger partial charge in [0.05, 0.1) is 0 Å². The highest BCUT2D eigenvalue weighted by Crippen LogP contribution is 2.37. The van der Waals surface area contributed by atoms with Gasteiger partial charge < -0.3 is 10.4 Å². The zero-order chi connectivity index (χ0) is 18.5. The van der Waals surface area contributed by atoms with Crippen LogP contribution in [0.5, 0.6) is 0 Å². The van der Waals surface area contributed by atoms with Crippen molar-refractivity contribution in [3.63, 3.8) is 0 Å². The summed E-state index contributed by atoms with van der Waals surface area (Å²) in [5.74, 6) is 0. The Balaban J connectivity index is 1.73. The lowest BCUT2D eigenvalue weighted by Crippen LogP contribution is -2.28. The fraction of sp³-hybridized carbons (Fsp3) is 0.0400. The summed E-state index contributed by atoms with van der Waals surface area (Å²) in [5, 5.41) is 15.2. The first kappa shape index (κ1) is 17.1. The highest BCUT2D eigenvalue weighted by molar-refractivity contribution is 5.60. The lowest BCUT2D eigenvalue weighted by molar-refractivity contribution is 0.126. The van der Waals surface area contributed by atoms with E-state index in [1.807, 2.05) is 115 Å². The molecule has 0 aliphatic heterocycles. The molecule has 2 N–H and O–H groups in total. The van der Waals surface area contributed by atoms with E-state index in [2.05, 4.69) is 5.32 Å². The van der Waals surface area contributed by atoms with Crippen LogP contribution in [-0.4, -0.2) is 5.11 Å². The van der Waals surface area contributed by atoms with Gasteiger partial charge in [0.1, 0.15) is 5.60 Å². The van der Waals surface area contributed by atoms with Crippen molar-refractivity contribution in [1.82, 2.24) is 0 Å². The van der Waals surface area contributed by atoms with Crippen LogP contribution in [0.25, 0.3) is 0 Å². The molecule has 2 heteroatoms. The van der Waals surface area contributed by atoms with E-state index in [0.717, 1.165) is 28.1 Å². The Morgan fingerprint density at radius 1 is 0.444 bits per heavy atom. The van der Waals surface area contributed by atoms with E-state index in [1.54, 1.807) is 0 Å². The van der Waals surface area contributed by atoms with Crippen LogP contribution in [0.15, 0.2) is 115 Å². The molecule has 0 spiro atoms. The highest BCUT2D eigenvalue weighted by atomic mass is 16.3. The molecule has 132 valence electrons. The predicted molar refractivity (Wildman–Crippen MR) is 111 cm³/mol. The van der Waals surface area contributed by atoms with Crippen molar-refractivity contribution in [2.45, 2.75) is 5.60 Å². The zero-order valence-electron chi connectivity index (χ0n) is 14.9. The van der Waals surface area contributed by atoms with Gasteiger partial charge in [0.25, 0.3) is 0 Å². The number of aliphatic hydroxyl groups is 1. The van der Waals surface area contributed by atoms with Crippen molar-refractivity contribution in [1.29, 1.82) is 0 Å². The molecule has 0 atom stereocenters. The Morgan fingerprint density at radius 3 is 1.30 bits per heavy atom. The van der Waals surface area contributed by atoms with E-state index in [9.17, 15) is 5.11 Å². The number of benzene rings is 4. The summed E-state index contributed by atoms with van der Waals surface area (Å²) in [6.45, 7) is 0. The number of anilines is 2. The van der Waals surface area contributed by atoms with Gasteiger partial charge in [-0.25, -0.2) is 0 Å². The number of hydrogen-bond acceptors (Lipinski definition) is 2. The van der Waals surface area contributed by atoms with E-state index in [4.69, 9.17) is 0 Å². The Hall–Kier alpha value is -3.36. The molecule has 4 aromatic carbocycles. The van der Waals surface area contributed by atoms with E-state index >= 15 is 0 Å². The Labute approximate surface area is 159 Å². The second-order valence-corrected chi connectivity index (χ2v) is 6.51. The van der Waals surface area contributed by atoms with Gasteiger partial charge in [-0.05, 0) is 41.0 Å². The third kappa shape index (κ3) is 3.48. The van der Waals surface area contributed by atoms with Crippen LogP contribution in [0.3, 0.4) is 0 Å². The van der Waals surface area contributed by atoms with Gasteiger partial charge in [-0.1, -0.05) is 91.0 Å². The molecule has 0 saturated heterocycles. The molecule has 0 bridgehead atoms. The van der Waals surface area contributed by atoms with E-state index in [-0.39, 0.29) is 0 Å². The second kappa shape index (κ2) is 7.48. The molecule has 0 unspecified atom stereocenters. The normalized spacial score (nSPS) is 11.1. The molecule has 4 aromatic rings. The van der Waals surface area contributed by atoms with Crippen molar-refractivity contribution < 1.29 is 5.11 Å². The minimum atomic E-state index is -1.20. The molecule has 0 saturated carbocycles.